The Bertz CT molecular complexity index is 1420. The van der Waals surface area contributed by atoms with Crippen LogP contribution in [-0.4, -0.2) is 28.0 Å². The van der Waals surface area contributed by atoms with Gasteiger partial charge in [0, 0.05) is 27.6 Å². The van der Waals surface area contributed by atoms with Crippen molar-refractivity contribution in [3.05, 3.63) is 101 Å². The fourth-order valence-corrected chi connectivity index (χ4v) is 4.80. The van der Waals surface area contributed by atoms with E-state index in [0.29, 0.717) is 22.1 Å². The van der Waals surface area contributed by atoms with Crippen LogP contribution in [0.15, 0.2) is 93.4 Å². The molecule has 0 aliphatic carbocycles. The fourth-order valence-electron chi connectivity index (χ4n) is 3.18. The first-order chi connectivity index (χ1) is 17.9. The lowest BCUT2D eigenvalue weighted by Crippen LogP contribution is -2.30. The number of nitrogens with one attached hydrogen (secondary N) is 3. The Balaban J connectivity index is 1.44. The first kappa shape index (κ1) is 25.9. The molecule has 0 radical (unpaired) electrons. The van der Waals surface area contributed by atoms with Gasteiger partial charge in [-0.05, 0) is 56.3 Å². The van der Waals surface area contributed by atoms with E-state index in [4.69, 9.17) is 4.42 Å². The van der Waals surface area contributed by atoms with E-state index in [1.54, 1.807) is 67.6 Å². The van der Waals surface area contributed by atoms with Gasteiger partial charge in [-0.25, -0.2) is 4.98 Å². The zero-order valence-electron chi connectivity index (χ0n) is 20.1. The van der Waals surface area contributed by atoms with Gasteiger partial charge in [-0.2, -0.15) is 0 Å². The van der Waals surface area contributed by atoms with Gasteiger partial charge in [0.2, 0.25) is 5.91 Å². The summed E-state index contributed by atoms with van der Waals surface area (Å²) in [6, 6.07) is 19.1. The maximum Gasteiger partial charge on any atom is 0.272 e. The first-order valence-corrected chi connectivity index (χ1v) is 13.1. The van der Waals surface area contributed by atoms with E-state index in [-0.39, 0.29) is 11.6 Å². The molecule has 0 spiro atoms. The molecule has 0 saturated carbocycles. The molecule has 4 rings (SSSR count). The molecule has 3 N–H and O–H groups in total. The summed E-state index contributed by atoms with van der Waals surface area (Å²) < 4.78 is 5.33. The Morgan fingerprint density at radius 2 is 1.84 bits per heavy atom. The zero-order valence-corrected chi connectivity index (χ0v) is 21.7. The van der Waals surface area contributed by atoms with Crippen molar-refractivity contribution in [2.75, 3.05) is 10.6 Å². The third kappa shape index (κ3) is 7.42. The van der Waals surface area contributed by atoms with Crippen molar-refractivity contribution in [1.82, 2.24) is 10.3 Å². The van der Waals surface area contributed by atoms with Crippen LogP contribution in [0.1, 0.15) is 28.7 Å². The number of carbonyl (C=O) groups excluding carboxylic acids is 3. The van der Waals surface area contributed by atoms with Crippen LogP contribution in [0.4, 0.5) is 10.8 Å². The van der Waals surface area contributed by atoms with E-state index in [1.807, 2.05) is 18.4 Å². The highest BCUT2D eigenvalue weighted by atomic mass is 32.2. The largest absolute Gasteiger partial charge is 0.465 e. The molecule has 0 aliphatic heterocycles. The van der Waals surface area contributed by atoms with Gasteiger partial charge < -0.3 is 20.4 Å². The molecule has 2 aromatic heterocycles. The summed E-state index contributed by atoms with van der Waals surface area (Å²) in [5.74, 6) is -0.694. The minimum absolute atomic E-state index is 0.0216. The molecule has 0 saturated heterocycles. The monoisotopic (exact) mass is 532 g/mol. The third-order valence-electron chi connectivity index (χ3n) is 4.98. The van der Waals surface area contributed by atoms with E-state index >= 15 is 0 Å². The molecule has 2 heterocycles. The van der Waals surface area contributed by atoms with Gasteiger partial charge in [-0.1, -0.05) is 24.3 Å². The van der Waals surface area contributed by atoms with E-state index in [9.17, 15) is 14.4 Å². The summed E-state index contributed by atoms with van der Waals surface area (Å²) in [7, 11) is 0. The molecule has 188 valence electrons. The van der Waals surface area contributed by atoms with Gasteiger partial charge in [-0.3, -0.25) is 14.4 Å². The molecule has 10 heteroatoms. The number of aryl methyl sites for hydroxylation is 1. The van der Waals surface area contributed by atoms with Gasteiger partial charge in [0.05, 0.1) is 17.2 Å². The van der Waals surface area contributed by atoms with Gasteiger partial charge in [0.25, 0.3) is 11.8 Å². The van der Waals surface area contributed by atoms with E-state index in [0.717, 1.165) is 10.6 Å². The van der Waals surface area contributed by atoms with Crippen LogP contribution in [0.3, 0.4) is 0 Å². The normalized spacial score (nSPS) is 12.0. The molecular weight excluding hydrogens is 508 g/mol. The Hall–Kier alpha value is -4.15. The van der Waals surface area contributed by atoms with Crippen molar-refractivity contribution in [2.24, 2.45) is 0 Å². The number of benzene rings is 2. The predicted molar refractivity (Wildman–Crippen MR) is 146 cm³/mol. The maximum absolute atomic E-state index is 13.1. The second kappa shape index (κ2) is 12.2. The molecule has 0 bridgehead atoms. The standard InChI is InChI=1S/C27H24N4O4S2/c1-17-16-36-27(28-17)31-24(32)18(2)37-22-12-6-10-20(14-22)29-26(34)23(15-21-11-7-13-35-21)30-25(33)19-8-4-3-5-9-19/h3-16,18H,1-2H3,(H,29,34)(H,30,33)(H,28,31,32)/b23-15-. The average molecular weight is 533 g/mol. The van der Waals surface area contributed by atoms with Crippen LogP contribution in [0.2, 0.25) is 0 Å². The SMILES string of the molecule is Cc1csc(NC(=O)C(C)Sc2cccc(NC(=O)/C(=C/c3ccco3)NC(=O)c3ccccc3)c2)n1. The quantitative estimate of drug-likeness (QED) is 0.192. The molecule has 3 amide bonds. The average Bonchev–Trinajstić information content (AvgIpc) is 3.55. The summed E-state index contributed by atoms with van der Waals surface area (Å²) in [5, 5.41) is 10.3. The van der Waals surface area contributed by atoms with Gasteiger partial charge in [-0.15, -0.1) is 23.1 Å². The lowest BCUT2D eigenvalue weighted by Gasteiger charge is -2.13. The van der Waals surface area contributed by atoms with Crippen molar-refractivity contribution in [3.63, 3.8) is 0 Å². The second-order valence-electron chi connectivity index (χ2n) is 7.92. The number of thioether (sulfide) groups is 1. The highest BCUT2D eigenvalue weighted by molar-refractivity contribution is 8.00. The zero-order chi connectivity index (χ0) is 26.2. The highest BCUT2D eigenvalue weighted by Crippen LogP contribution is 2.27. The Labute approximate surface area is 222 Å². The van der Waals surface area contributed by atoms with E-state index < -0.39 is 17.1 Å². The molecule has 4 aromatic rings. The van der Waals surface area contributed by atoms with Crippen molar-refractivity contribution in [3.8, 4) is 0 Å². The van der Waals surface area contributed by atoms with Crippen molar-refractivity contribution in [1.29, 1.82) is 0 Å². The summed E-state index contributed by atoms with van der Waals surface area (Å²) in [5.41, 5.74) is 1.80. The number of nitrogens with zero attached hydrogens (tertiary/aromatic N) is 1. The third-order valence-corrected chi connectivity index (χ3v) is 6.95. The maximum atomic E-state index is 13.1. The van der Waals surface area contributed by atoms with Crippen molar-refractivity contribution < 1.29 is 18.8 Å². The Morgan fingerprint density at radius 3 is 2.54 bits per heavy atom. The summed E-state index contributed by atoms with van der Waals surface area (Å²) >= 11 is 2.73. The number of aromatic nitrogens is 1. The fraction of sp³-hybridized carbons (Fsp3) is 0.111. The minimum atomic E-state index is -0.521. The summed E-state index contributed by atoms with van der Waals surface area (Å²) in [4.78, 5) is 43.5. The van der Waals surface area contributed by atoms with Gasteiger partial charge in [0.15, 0.2) is 5.13 Å². The molecule has 1 unspecified atom stereocenters. The molecule has 8 nitrogen and oxygen atoms in total. The van der Waals surface area contributed by atoms with Gasteiger partial charge in [0.1, 0.15) is 11.5 Å². The minimum Gasteiger partial charge on any atom is -0.465 e. The number of hydrogen-bond acceptors (Lipinski definition) is 7. The van der Waals surface area contributed by atoms with Crippen LogP contribution in [0, 0.1) is 6.92 Å². The number of furan rings is 1. The van der Waals surface area contributed by atoms with Crippen molar-refractivity contribution in [2.45, 2.75) is 24.0 Å². The first-order valence-electron chi connectivity index (χ1n) is 11.3. The van der Waals surface area contributed by atoms with E-state index in [1.165, 1.54) is 35.4 Å². The second-order valence-corrected chi connectivity index (χ2v) is 10.2. The molecule has 0 aliphatic rings. The van der Waals surface area contributed by atoms with Crippen LogP contribution >= 0.6 is 23.1 Å². The molecule has 2 aromatic carbocycles. The predicted octanol–water partition coefficient (Wildman–Crippen LogP) is 5.57. The summed E-state index contributed by atoms with van der Waals surface area (Å²) in [6.07, 6.45) is 2.94. The molecule has 1 atom stereocenters. The Morgan fingerprint density at radius 1 is 1.03 bits per heavy atom. The highest BCUT2D eigenvalue weighted by Gasteiger charge is 2.18. The van der Waals surface area contributed by atoms with Gasteiger partial charge >= 0.3 is 0 Å². The summed E-state index contributed by atoms with van der Waals surface area (Å²) in [6.45, 7) is 3.67. The number of anilines is 2. The smallest absolute Gasteiger partial charge is 0.272 e. The number of hydrogen-bond donors (Lipinski definition) is 3. The lowest BCUT2D eigenvalue weighted by molar-refractivity contribution is -0.115. The topological polar surface area (TPSA) is 113 Å². The number of amides is 3. The molecular formula is C27H24N4O4S2. The number of rotatable bonds is 9. The molecule has 0 fully saturated rings. The van der Waals surface area contributed by atoms with Crippen LogP contribution in [-0.2, 0) is 9.59 Å². The van der Waals surface area contributed by atoms with Crippen molar-refractivity contribution >= 4 is 57.7 Å². The number of thiazole rings is 1. The van der Waals surface area contributed by atoms with Crippen LogP contribution < -0.4 is 16.0 Å². The Kier molecular flexibility index (Phi) is 8.55. The van der Waals surface area contributed by atoms with Crippen LogP contribution in [0.25, 0.3) is 6.08 Å². The molecule has 37 heavy (non-hydrogen) atoms. The van der Waals surface area contributed by atoms with E-state index in [2.05, 4.69) is 20.9 Å². The van der Waals surface area contributed by atoms with Crippen LogP contribution in [0.5, 0.6) is 0 Å². The number of carbonyl (C=O) groups is 3. The lowest BCUT2D eigenvalue weighted by atomic mass is 10.2.